The number of carbonyl (C=O) groups excluding carboxylic acids is 1. The zero-order valence-electron chi connectivity index (χ0n) is 19.3. The molecule has 0 bridgehead atoms. The highest BCUT2D eigenvalue weighted by atomic mass is 19.4. The number of fused-ring (bicyclic) bond motifs is 1. The van der Waals surface area contributed by atoms with Gasteiger partial charge >= 0.3 is 6.18 Å². The van der Waals surface area contributed by atoms with E-state index in [-0.39, 0.29) is 28.0 Å². The van der Waals surface area contributed by atoms with Gasteiger partial charge in [0.25, 0.3) is 17.9 Å². The fourth-order valence-corrected chi connectivity index (χ4v) is 4.18. The minimum absolute atomic E-state index is 0.0623. The van der Waals surface area contributed by atoms with Crippen LogP contribution in [0.5, 0.6) is 0 Å². The number of hydrogen-bond acceptors (Lipinski definition) is 5. The van der Waals surface area contributed by atoms with Crippen LogP contribution < -0.4 is 10.9 Å². The fraction of sp³-hybridized carbons (Fsp3) is 0.391. The van der Waals surface area contributed by atoms with Gasteiger partial charge in [-0.3, -0.25) is 14.2 Å². The van der Waals surface area contributed by atoms with E-state index in [0.717, 1.165) is 28.8 Å². The van der Waals surface area contributed by atoms with E-state index in [4.69, 9.17) is 0 Å². The molecular weight excluding hydrogens is 492 g/mol. The van der Waals surface area contributed by atoms with Crippen molar-refractivity contribution in [2.24, 2.45) is 12.5 Å². The first-order chi connectivity index (χ1) is 16.7. The van der Waals surface area contributed by atoms with Gasteiger partial charge in [-0.15, -0.1) is 0 Å². The van der Waals surface area contributed by atoms with Crippen LogP contribution in [0.25, 0.3) is 11.0 Å². The van der Waals surface area contributed by atoms with E-state index in [0.29, 0.717) is 0 Å². The van der Waals surface area contributed by atoms with Crippen LogP contribution in [-0.4, -0.2) is 44.6 Å². The van der Waals surface area contributed by atoms with Crippen LogP contribution in [0.15, 0.2) is 35.4 Å². The van der Waals surface area contributed by atoms with Crippen molar-refractivity contribution >= 4 is 22.8 Å². The van der Waals surface area contributed by atoms with Gasteiger partial charge in [-0.2, -0.15) is 13.2 Å². The van der Waals surface area contributed by atoms with Crippen molar-refractivity contribution in [3.05, 3.63) is 63.5 Å². The summed E-state index contributed by atoms with van der Waals surface area (Å²) in [5.74, 6) is -1.89. The minimum Gasteiger partial charge on any atom is -0.363 e. The lowest BCUT2D eigenvalue weighted by atomic mass is 9.81. The smallest absolute Gasteiger partial charge is 0.363 e. The molecule has 1 aliphatic heterocycles. The molecule has 1 aromatic carbocycles. The third kappa shape index (κ3) is 4.16. The average Bonchev–Trinajstić information content (AvgIpc) is 2.78. The number of anilines is 1. The number of halogens is 6. The van der Waals surface area contributed by atoms with E-state index in [1.165, 1.54) is 32.2 Å². The maximum atomic E-state index is 14.6. The van der Waals surface area contributed by atoms with Crippen molar-refractivity contribution in [3.8, 4) is 0 Å². The summed E-state index contributed by atoms with van der Waals surface area (Å²) in [5, 5.41) is 3.05. The molecule has 1 N–H and O–H groups in total. The molecule has 0 spiro atoms. The highest BCUT2D eigenvalue weighted by Crippen LogP contribution is 2.45. The summed E-state index contributed by atoms with van der Waals surface area (Å²) in [6.07, 6.45) is -6.40. The van der Waals surface area contributed by atoms with E-state index in [2.05, 4.69) is 15.3 Å². The third-order valence-electron chi connectivity index (χ3n) is 6.40. The molecule has 7 nitrogen and oxygen atoms in total. The Kier molecular flexibility index (Phi) is 6.21. The van der Waals surface area contributed by atoms with Gasteiger partial charge in [0.05, 0.1) is 22.4 Å². The first-order valence-electron chi connectivity index (χ1n) is 10.8. The number of alkyl halides is 5. The molecule has 1 atom stereocenters. The van der Waals surface area contributed by atoms with Gasteiger partial charge in [-0.1, -0.05) is 18.2 Å². The van der Waals surface area contributed by atoms with Crippen molar-refractivity contribution in [1.82, 2.24) is 19.4 Å². The summed E-state index contributed by atoms with van der Waals surface area (Å²) in [6, 6.07) is 3.90. The number of aryl methyl sites for hydroxylation is 1. The van der Waals surface area contributed by atoms with Crippen molar-refractivity contribution in [3.63, 3.8) is 0 Å². The van der Waals surface area contributed by atoms with E-state index >= 15 is 0 Å². The molecule has 1 saturated heterocycles. The summed E-state index contributed by atoms with van der Waals surface area (Å²) in [5.41, 5.74) is -3.93. The van der Waals surface area contributed by atoms with Gasteiger partial charge in [0.2, 0.25) is 0 Å². The Morgan fingerprint density at radius 3 is 2.42 bits per heavy atom. The molecule has 1 amide bonds. The van der Waals surface area contributed by atoms with Crippen molar-refractivity contribution in [1.29, 1.82) is 0 Å². The van der Waals surface area contributed by atoms with Crippen LogP contribution in [-0.2, 0) is 7.05 Å². The molecule has 192 valence electrons. The second-order valence-electron chi connectivity index (χ2n) is 9.02. The molecule has 0 saturated carbocycles. The Balaban J connectivity index is 1.70. The van der Waals surface area contributed by atoms with Crippen LogP contribution in [0.2, 0.25) is 0 Å². The SMILES string of the molecule is C[C@@H](Nc1ncnc2c1cc(C(=O)N1CC(C)(C(F)(F)F)C1)c(=O)n2C)c1cccc(C(F)F)c1F. The highest BCUT2D eigenvalue weighted by molar-refractivity contribution is 5.99. The number of aromatic nitrogens is 3. The zero-order valence-corrected chi connectivity index (χ0v) is 19.3. The summed E-state index contributed by atoms with van der Waals surface area (Å²) in [6.45, 7) is 1.32. The second-order valence-corrected chi connectivity index (χ2v) is 9.02. The van der Waals surface area contributed by atoms with Gasteiger partial charge in [-0.05, 0) is 19.9 Å². The number of likely N-dealkylation sites (tertiary alicyclic amines) is 1. The fourth-order valence-electron chi connectivity index (χ4n) is 4.18. The maximum absolute atomic E-state index is 14.6. The summed E-state index contributed by atoms with van der Waals surface area (Å²) >= 11 is 0. The highest BCUT2D eigenvalue weighted by Gasteiger charge is 2.59. The number of hydrogen-bond donors (Lipinski definition) is 1. The van der Waals surface area contributed by atoms with E-state index in [1.807, 2.05) is 0 Å². The number of benzene rings is 1. The van der Waals surface area contributed by atoms with Gasteiger partial charge in [0.1, 0.15) is 29.2 Å². The predicted molar refractivity (Wildman–Crippen MR) is 118 cm³/mol. The van der Waals surface area contributed by atoms with Gasteiger partial charge in [0, 0.05) is 25.7 Å². The molecule has 0 unspecified atom stereocenters. The molecule has 4 rings (SSSR count). The molecule has 0 radical (unpaired) electrons. The molecular formula is C23H21F6N5O2. The summed E-state index contributed by atoms with van der Waals surface area (Å²) in [4.78, 5) is 34.8. The van der Waals surface area contributed by atoms with Crippen LogP contribution in [0.3, 0.4) is 0 Å². The average molecular weight is 513 g/mol. The molecule has 3 aromatic rings. The van der Waals surface area contributed by atoms with Gasteiger partial charge in [0.15, 0.2) is 0 Å². The largest absolute Gasteiger partial charge is 0.397 e. The Morgan fingerprint density at radius 2 is 1.81 bits per heavy atom. The number of nitrogens with zero attached hydrogens (tertiary/aromatic N) is 4. The van der Waals surface area contributed by atoms with E-state index in [9.17, 15) is 35.9 Å². The summed E-state index contributed by atoms with van der Waals surface area (Å²) < 4.78 is 81.5. The number of rotatable bonds is 5. The molecule has 0 aliphatic carbocycles. The van der Waals surface area contributed by atoms with Gasteiger partial charge in [-0.25, -0.2) is 23.1 Å². The number of pyridine rings is 1. The van der Waals surface area contributed by atoms with Crippen LogP contribution in [0.4, 0.5) is 32.2 Å². The Labute approximate surface area is 200 Å². The number of amides is 1. The predicted octanol–water partition coefficient (Wildman–Crippen LogP) is 4.60. The normalized spacial score (nSPS) is 16.2. The lowest BCUT2D eigenvalue weighted by Gasteiger charge is -2.48. The van der Waals surface area contributed by atoms with E-state index < -0.39 is 60.0 Å². The van der Waals surface area contributed by atoms with Crippen molar-refractivity contribution in [2.75, 3.05) is 18.4 Å². The standard InChI is InChI=1S/C23H21F6N5O2/c1-11(12-5-4-6-13(16(12)24)17(25)26)32-18-14-7-15(20(35)33(3)19(14)31-10-30-18)21(36)34-8-22(2,9-34)23(27,28)29/h4-7,10-11,17H,8-9H2,1-3H3,(H,30,31,32)/t11-/m1/s1. The third-order valence-corrected chi connectivity index (χ3v) is 6.40. The molecule has 1 aliphatic rings. The van der Waals surface area contributed by atoms with Crippen LogP contribution in [0, 0.1) is 11.2 Å². The lowest BCUT2D eigenvalue weighted by Crippen LogP contribution is -2.63. The van der Waals surface area contributed by atoms with Crippen molar-refractivity contribution in [2.45, 2.75) is 32.5 Å². The Bertz CT molecular complexity index is 1400. The van der Waals surface area contributed by atoms with Crippen LogP contribution >= 0.6 is 0 Å². The molecule has 3 heterocycles. The second kappa shape index (κ2) is 8.79. The topological polar surface area (TPSA) is 80.1 Å². The first-order valence-corrected chi connectivity index (χ1v) is 10.8. The Hall–Kier alpha value is -3.64. The number of carbonyl (C=O) groups is 1. The maximum Gasteiger partial charge on any atom is 0.397 e. The quantitative estimate of drug-likeness (QED) is 0.505. The molecule has 13 heteroatoms. The molecule has 1 fully saturated rings. The van der Waals surface area contributed by atoms with Crippen molar-refractivity contribution < 1.29 is 31.1 Å². The monoisotopic (exact) mass is 513 g/mol. The Morgan fingerprint density at radius 1 is 1.17 bits per heavy atom. The lowest BCUT2D eigenvalue weighted by molar-refractivity contribution is -0.252. The van der Waals surface area contributed by atoms with Gasteiger partial charge < -0.3 is 10.2 Å². The van der Waals surface area contributed by atoms with Crippen LogP contribution in [0.1, 0.15) is 47.8 Å². The molecule has 2 aromatic heterocycles. The zero-order chi connectivity index (χ0) is 26.6. The summed E-state index contributed by atoms with van der Waals surface area (Å²) in [7, 11) is 1.34. The van der Waals surface area contributed by atoms with E-state index in [1.54, 1.807) is 0 Å². The molecule has 36 heavy (non-hydrogen) atoms. The number of nitrogens with one attached hydrogen (secondary N) is 1. The first kappa shape index (κ1) is 25.5. The minimum atomic E-state index is -4.50.